The van der Waals surface area contributed by atoms with Crippen molar-refractivity contribution in [3.63, 3.8) is 0 Å². The van der Waals surface area contributed by atoms with E-state index in [1.54, 1.807) is 0 Å². The number of aliphatic hydroxyl groups is 1. The molecule has 0 amide bonds. The number of hydrogen-bond acceptors (Lipinski definition) is 4. The standard InChI is InChI=1S/C16H33NO3/c1-14(2)17-16(3,13-18)9-5-7-10-19-12-15-8-4-6-11-20-15/h14-15,17-18H,4-13H2,1-3H3. The van der Waals surface area contributed by atoms with Gasteiger partial charge in [0.1, 0.15) is 0 Å². The summed E-state index contributed by atoms with van der Waals surface area (Å²) < 4.78 is 11.3. The van der Waals surface area contributed by atoms with E-state index in [1.165, 1.54) is 12.8 Å². The lowest BCUT2D eigenvalue weighted by atomic mass is 9.95. The van der Waals surface area contributed by atoms with Gasteiger partial charge in [0, 0.05) is 24.8 Å². The van der Waals surface area contributed by atoms with Crippen LogP contribution in [0.2, 0.25) is 0 Å². The SMILES string of the molecule is CC(C)NC(C)(CO)CCCCOCC1CCCCO1. The zero-order valence-corrected chi connectivity index (χ0v) is 13.5. The second-order valence-corrected chi connectivity index (χ2v) is 6.54. The molecule has 120 valence electrons. The summed E-state index contributed by atoms with van der Waals surface area (Å²) in [5.74, 6) is 0. The Morgan fingerprint density at radius 1 is 1.35 bits per heavy atom. The lowest BCUT2D eigenvalue weighted by Gasteiger charge is -2.31. The Morgan fingerprint density at radius 2 is 2.15 bits per heavy atom. The third-order valence-corrected chi connectivity index (χ3v) is 3.83. The molecule has 1 rings (SSSR count). The molecule has 0 aliphatic carbocycles. The topological polar surface area (TPSA) is 50.7 Å². The van der Waals surface area contributed by atoms with Crippen LogP contribution in [-0.2, 0) is 9.47 Å². The molecule has 2 N–H and O–H groups in total. The highest BCUT2D eigenvalue weighted by Gasteiger charge is 2.23. The van der Waals surface area contributed by atoms with E-state index >= 15 is 0 Å². The molecule has 20 heavy (non-hydrogen) atoms. The van der Waals surface area contributed by atoms with E-state index in [1.807, 2.05) is 0 Å². The molecule has 1 saturated heterocycles. The van der Waals surface area contributed by atoms with Crippen LogP contribution in [0.4, 0.5) is 0 Å². The first kappa shape index (κ1) is 17.9. The van der Waals surface area contributed by atoms with Crippen LogP contribution in [0.25, 0.3) is 0 Å². The Hall–Kier alpha value is -0.160. The van der Waals surface area contributed by atoms with Crippen LogP contribution < -0.4 is 5.32 Å². The summed E-state index contributed by atoms with van der Waals surface area (Å²) in [6.45, 7) is 8.92. The second-order valence-electron chi connectivity index (χ2n) is 6.54. The maximum Gasteiger partial charge on any atom is 0.0808 e. The van der Waals surface area contributed by atoms with Crippen LogP contribution in [0.3, 0.4) is 0 Å². The molecule has 2 unspecified atom stereocenters. The predicted octanol–water partition coefficient (Wildman–Crippen LogP) is 2.49. The van der Waals surface area contributed by atoms with Crippen molar-refractivity contribution in [1.29, 1.82) is 0 Å². The average molecular weight is 287 g/mol. The highest BCUT2D eigenvalue weighted by molar-refractivity contribution is 4.83. The van der Waals surface area contributed by atoms with E-state index < -0.39 is 0 Å². The minimum atomic E-state index is -0.166. The van der Waals surface area contributed by atoms with Crippen molar-refractivity contribution in [2.24, 2.45) is 0 Å². The largest absolute Gasteiger partial charge is 0.394 e. The van der Waals surface area contributed by atoms with Gasteiger partial charge in [0.25, 0.3) is 0 Å². The van der Waals surface area contributed by atoms with Crippen LogP contribution >= 0.6 is 0 Å². The van der Waals surface area contributed by atoms with Gasteiger partial charge in [-0.15, -0.1) is 0 Å². The summed E-state index contributed by atoms with van der Waals surface area (Å²) in [4.78, 5) is 0. The molecule has 0 aromatic heterocycles. The molecular weight excluding hydrogens is 254 g/mol. The number of nitrogens with one attached hydrogen (secondary N) is 1. The monoisotopic (exact) mass is 287 g/mol. The number of unbranched alkanes of at least 4 members (excludes halogenated alkanes) is 1. The molecule has 2 atom stereocenters. The Morgan fingerprint density at radius 3 is 2.75 bits per heavy atom. The second kappa shape index (κ2) is 9.72. The van der Waals surface area contributed by atoms with Gasteiger partial charge >= 0.3 is 0 Å². The molecule has 1 aliphatic heterocycles. The van der Waals surface area contributed by atoms with Gasteiger partial charge in [-0.05, 0) is 45.4 Å². The highest BCUT2D eigenvalue weighted by Crippen LogP contribution is 2.15. The summed E-state index contributed by atoms with van der Waals surface area (Å²) in [6.07, 6.45) is 7.01. The first-order valence-corrected chi connectivity index (χ1v) is 8.13. The zero-order valence-electron chi connectivity index (χ0n) is 13.5. The molecule has 0 saturated carbocycles. The zero-order chi connectivity index (χ0) is 14.8. The number of ether oxygens (including phenoxy) is 2. The summed E-state index contributed by atoms with van der Waals surface area (Å²) in [7, 11) is 0. The van der Waals surface area contributed by atoms with Crippen LogP contribution in [0.5, 0.6) is 0 Å². The van der Waals surface area contributed by atoms with Gasteiger partial charge < -0.3 is 19.9 Å². The van der Waals surface area contributed by atoms with E-state index in [0.717, 1.165) is 45.5 Å². The van der Waals surface area contributed by atoms with Gasteiger partial charge in [-0.25, -0.2) is 0 Å². The van der Waals surface area contributed by atoms with Gasteiger partial charge in [-0.1, -0.05) is 13.8 Å². The lowest BCUT2D eigenvalue weighted by Crippen LogP contribution is -2.49. The maximum atomic E-state index is 9.50. The molecule has 0 radical (unpaired) electrons. The Bertz CT molecular complexity index is 242. The molecular formula is C16H33NO3. The summed E-state index contributed by atoms with van der Waals surface area (Å²) in [5.41, 5.74) is -0.166. The van der Waals surface area contributed by atoms with Crippen molar-refractivity contribution in [1.82, 2.24) is 5.32 Å². The normalized spacial score (nSPS) is 22.9. The number of aliphatic hydroxyl groups excluding tert-OH is 1. The molecule has 1 heterocycles. The van der Waals surface area contributed by atoms with Gasteiger partial charge in [0.15, 0.2) is 0 Å². The van der Waals surface area contributed by atoms with Crippen LogP contribution in [0.1, 0.15) is 59.3 Å². The van der Waals surface area contributed by atoms with Crippen molar-refractivity contribution in [2.45, 2.75) is 77.0 Å². The quantitative estimate of drug-likeness (QED) is 0.606. The summed E-state index contributed by atoms with van der Waals surface area (Å²) in [5, 5.41) is 12.9. The van der Waals surface area contributed by atoms with Crippen LogP contribution in [-0.4, -0.2) is 49.2 Å². The summed E-state index contributed by atoms with van der Waals surface area (Å²) >= 11 is 0. The third-order valence-electron chi connectivity index (χ3n) is 3.83. The summed E-state index contributed by atoms with van der Waals surface area (Å²) in [6, 6.07) is 0.395. The van der Waals surface area contributed by atoms with Gasteiger partial charge in [-0.2, -0.15) is 0 Å². The minimum absolute atomic E-state index is 0.166. The highest BCUT2D eigenvalue weighted by atomic mass is 16.5. The van der Waals surface area contributed by atoms with Gasteiger partial charge in [0.2, 0.25) is 0 Å². The molecule has 0 aromatic carbocycles. The molecule has 1 aliphatic rings. The molecule has 0 spiro atoms. The maximum absolute atomic E-state index is 9.50. The van der Waals surface area contributed by atoms with Crippen molar-refractivity contribution < 1.29 is 14.6 Å². The van der Waals surface area contributed by atoms with Gasteiger partial charge in [-0.3, -0.25) is 0 Å². The van der Waals surface area contributed by atoms with Crippen molar-refractivity contribution in [3.8, 4) is 0 Å². The van der Waals surface area contributed by atoms with Crippen LogP contribution in [0.15, 0.2) is 0 Å². The fourth-order valence-electron chi connectivity index (χ4n) is 2.77. The van der Waals surface area contributed by atoms with Crippen molar-refractivity contribution >= 4 is 0 Å². The predicted molar refractivity (Wildman–Crippen MR) is 82.0 cm³/mol. The minimum Gasteiger partial charge on any atom is -0.394 e. The Balaban J connectivity index is 2.02. The van der Waals surface area contributed by atoms with Crippen molar-refractivity contribution in [3.05, 3.63) is 0 Å². The van der Waals surface area contributed by atoms with E-state index in [9.17, 15) is 5.11 Å². The molecule has 0 aromatic rings. The molecule has 4 nitrogen and oxygen atoms in total. The number of rotatable bonds is 10. The van der Waals surface area contributed by atoms with E-state index in [-0.39, 0.29) is 12.1 Å². The molecule has 0 bridgehead atoms. The molecule has 4 heteroatoms. The van der Waals surface area contributed by atoms with E-state index in [0.29, 0.717) is 12.1 Å². The van der Waals surface area contributed by atoms with Crippen molar-refractivity contribution in [2.75, 3.05) is 26.4 Å². The van der Waals surface area contributed by atoms with E-state index in [2.05, 4.69) is 26.1 Å². The average Bonchev–Trinajstić information content (AvgIpc) is 2.43. The lowest BCUT2D eigenvalue weighted by molar-refractivity contribution is -0.0413. The van der Waals surface area contributed by atoms with Gasteiger partial charge in [0.05, 0.1) is 19.3 Å². The Labute approximate surface area is 124 Å². The van der Waals surface area contributed by atoms with E-state index in [4.69, 9.17) is 9.47 Å². The molecule has 1 fully saturated rings. The third kappa shape index (κ3) is 7.58. The fourth-order valence-corrected chi connectivity index (χ4v) is 2.77. The first-order valence-electron chi connectivity index (χ1n) is 8.13. The number of hydrogen-bond donors (Lipinski definition) is 2. The Kier molecular flexibility index (Phi) is 8.69. The van der Waals surface area contributed by atoms with Crippen LogP contribution in [0, 0.1) is 0 Å². The fraction of sp³-hybridized carbons (Fsp3) is 1.00. The smallest absolute Gasteiger partial charge is 0.0808 e. The first-order chi connectivity index (χ1) is 9.56.